The van der Waals surface area contributed by atoms with Crippen molar-refractivity contribution >= 4 is 21.9 Å². The van der Waals surface area contributed by atoms with E-state index >= 15 is 0 Å². The number of alkyl halides is 2. The van der Waals surface area contributed by atoms with Crippen LogP contribution in [0.5, 0.6) is 17.2 Å². The fourth-order valence-electron chi connectivity index (χ4n) is 1.54. The highest BCUT2D eigenvalue weighted by molar-refractivity contribution is 9.10. The summed E-state index contributed by atoms with van der Waals surface area (Å²) in [7, 11) is 0. The molecule has 0 spiro atoms. The number of carbonyl (C=O) groups is 1. The standard InChI is InChI=1S/C11H7BrF2O4/c12-6-3-8-9(18-11(13,14)17-8)4-7(6)16-10(15)5-1-2-5/h3-5H,1-2H2. The Morgan fingerprint density at radius 2 is 1.94 bits per heavy atom. The van der Waals surface area contributed by atoms with E-state index in [1.165, 1.54) is 12.1 Å². The van der Waals surface area contributed by atoms with Gasteiger partial charge in [-0.05, 0) is 28.8 Å². The average molecular weight is 321 g/mol. The lowest BCUT2D eigenvalue weighted by molar-refractivity contribution is -0.286. The molecule has 2 aliphatic rings. The summed E-state index contributed by atoms with van der Waals surface area (Å²) in [5.41, 5.74) is 0. The molecule has 0 radical (unpaired) electrons. The molecule has 7 heteroatoms. The molecule has 0 saturated heterocycles. The molecule has 1 aromatic carbocycles. The summed E-state index contributed by atoms with van der Waals surface area (Å²) in [5, 5.41) is 0. The molecule has 18 heavy (non-hydrogen) atoms. The van der Waals surface area contributed by atoms with Crippen molar-refractivity contribution in [3.8, 4) is 17.2 Å². The van der Waals surface area contributed by atoms with Crippen LogP contribution in [-0.2, 0) is 4.79 Å². The first-order valence-corrected chi connectivity index (χ1v) is 6.05. The third-order valence-corrected chi connectivity index (χ3v) is 3.20. The lowest BCUT2D eigenvalue weighted by atomic mass is 10.3. The highest BCUT2D eigenvalue weighted by Gasteiger charge is 2.44. The summed E-state index contributed by atoms with van der Waals surface area (Å²) in [6, 6.07) is 2.49. The SMILES string of the molecule is O=C(Oc1cc2c(cc1Br)OC(F)(F)O2)C1CC1. The van der Waals surface area contributed by atoms with Crippen molar-refractivity contribution in [1.29, 1.82) is 0 Å². The molecule has 1 saturated carbocycles. The zero-order valence-electron chi connectivity index (χ0n) is 8.91. The van der Waals surface area contributed by atoms with Gasteiger partial charge in [0.2, 0.25) is 0 Å². The van der Waals surface area contributed by atoms with Crippen molar-refractivity contribution in [2.24, 2.45) is 5.92 Å². The first kappa shape index (κ1) is 11.7. The van der Waals surface area contributed by atoms with E-state index in [-0.39, 0.29) is 29.1 Å². The lowest BCUT2D eigenvalue weighted by Gasteiger charge is -2.06. The van der Waals surface area contributed by atoms with Crippen molar-refractivity contribution in [3.63, 3.8) is 0 Å². The van der Waals surface area contributed by atoms with Crippen LogP contribution in [0.4, 0.5) is 8.78 Å². The molecule has 1 heterocycles. The maximum atomic E-state index is 12.8. The van der Waals surface area contributed by atoms with Gasteiger partial charge < -0.3 is 14.2 Å². The maximum Gasteiger partial charge on any atom is 0.586 e. The topological polar surface area (TPSA) is 44.8 Å². The maximum absolute atomic E-state index is 12.8. The van der Waals surface area contributed by atoms with E-state index in [0.29, 0.717) is 4.47 Å². The lowest BCUT2D eigenvalue weighted by Crippen LogP contribution is -2.25. The van der Waals surface area contributed by atoms with Crippen molar-refractivity contribution in [1.82, 2.24) is 0 Å². The number of rotatable bonds is 2. The average Bonchev–Trinajstić information content (AvgIpc) is 3.03. The smallest absolute Gasteiger partial charge is 0.425 e. The molecule has 1 aliphatic carbocycles. The Bertz CT molecular complexity index is 528. The van der Waals surface area contributed by atoms with E-state index in [4.69, 9.17) is 4.74 Å². The summed E-state index contributed by atoms with van der Waals surface area (Å²) in [4.78, 5) is 11.5. The number of benzene rings is 1. The van der Waals surface area contributed by atoms with E-state index < -0.39 is 6.29 Å². The Labute approximate surface area is 109 Å². The number of ether oxygens (including phenoxy) is 3. The predicted octanol–water partition coefficient (Wildman–Crippen LogP) is 3.09. The van der Waals surface area contributed by atoms with E-state index in [9.17, 15) is 13.6 Å². The van der Waals surface area contributed by atoms with Crippen LogP contribution < -0.4 is 14.2 Å². The minimum absolute atomic E-state index is 0.0798. The van der Waals surface area contributed by atoms with Gasteiger partial charge in [-0.15, -0.1) is 8.78 Å². The minimum atomic E-state index is -3.68. The molecule has 0 aromatic heterocycles. The van der Waals surface area contributed by atoms with Gasteiger partial charge >= 0.3 is 12.3 Å². The van der Waals surface area contributed by atoms with Gasteiger partial charge in [-0.2, -0.15) is 0 Å². The van der Waals surface area contributed by atoms with Crippen LogP contribution in [0.2, 0.25) is 0 Å². The molecule has 3 rings (SSSR count). The van der Waals surface area contributed by atoms with Gasteiger partial charge in [0.1, 0.15) is 5.75 Å². The fourth-order valence-corrected chi connectivity index (χ4v) is 1.95. The normalized spacial score (nSPS) is 19.7. The van der Waals surface area contributed by atoms with Gasteiger partial charge in [-0.1, -0.05) is 0 Å². The van der Waals surface area contributed by atoms with Crippen LogP contribution in [0.3, 0.4) is 0 Å². The molecular weight excluding hydrogens is 314 g/mol. The number of esters is 1. The molecule has 0 atom stereocenters. The third-order valence-electron chi connectivity index (χ3n) is 2.58. The molecule has 0 N–H and O–H groups in total. The van der Waals surface area contributed by atoms with Crippen LogP contribution in [-0.4, -0.2) is 12.3 Å². The second-order valence-corrected chi connectivity index (χ2v) is 4.95. The molecule has 0 unspecified atom stereocenters. The van der Waals surface area contributed by atoms with Gasteiger partial charge in [-0.3, -0.25) is 4.79 Å². The fraction of sp³-hybridized carbons (Fsp3) is 0.364. The molecular formula is C11H7BrF2O4. The van der Waals surface area contributed by atoms with E-state index in [0.717, 1.165) is 12.8 Å². The Kier molecular flexibility index (Phi) is 2.48. The van der Waals surface area contributed by atoms with Crippen molar-refractivity contribution in [2.75, 3.05) is 0 Å². The Morgan fingerprint density at radius 1 is 1.33 bits per heavy atom. The van der Waals surface area contributed by atoms with Crippen molar-refractivity contribution < 1.29 is 27.8 Å². The molecule has 4 nitrogen and oxygen atoms in total. The highest BCUT2D eigenvalue weighted by atomic mass is 79.9. The van der Waals surface area contributed by atoms with Crippen LogP contribution in [0.25, 0.3) is 0 Å². The summed E-state index contributed by atoms with van der Waals surface area (Å²) < 4.78 is 39.7. The number of hydrogen-bond donors (Lipinski definition) is 0. The van der Waals surface area contributed by atoms with E-state index in [2.05, 4.69) is 25.4 Å². The second-order valence-electron chi connectivity index (χ2n) is 4.09. The van der Waals surface area contributed by atoms with Crippen LogP contribution in [0.1, 0.15) is 12.8 Å². The van der Waals surface area contributed by atoms with Gasteiger partial charge in [0, 0.05) is 12.1 Å². The monoisotopic (exact) mass is 320 g/mol. The largest absolute Gasteiger partial charge is 0.586 e. The number of fused-ring (bicyclic) bond motifs is 1. The number of carbonyl (C=O) groups excluding carboxylic acids is 1. The quantitative estimate of drug-likeness (QED) is 0.620. The van der Waals surface area contributed by atoms with Crippen LogP contribution in [0, 0.1) is 5.92 Å². The molecule has 0 bridgehead atoms. The van der Waals surface area contributed by atoms with Crippen LogP contribution in [0.15, 0.2) is 16.6 Å². The third kappa shape index (κ3) is 2.14. The molecule has 1 aliphatic heterocycles. The Hall–Kier alpha value is -1.37. The predicted molar refractivity (Wildman–Crippen MR) is 58.7 cm³/mol. The van der Waals surface area contributed by atoms with Gasteiger partial charge in [0.05, 0.1) is 10.4 Å². The number of hydrogen-bond acceptors (Lipinski definition) is 4. The second kappa shape index (κ2) is 3.81. The van der Waals surface area contributed by atoms with Gasteiger partial charge in [0.15, 0.2) is 11.5 Å². The van der Waals surface area contributed by atoms with Crippen LogP contribution >= 0.6 is 15.9 Å². The molecule has 96 valence electrons. The molecule has 1 fully saturated rings. The van der Waals surface area contributed by atoms with E-state index in [1.54, 1.807) is 0 Å². The highest BCUT2D eigenvalue weighted by Crippen LogP contribution is 2.46. The summed E-state index contributed by atoms with van der Waals surface area (Å²) >= 11 is 3.13. The van der Waals surface area contributed by atoms with E-state index in [1.807, 2.05) is 0 Å². The summed E-state index contributed by atoms with van der Waals surface area (Å²) in [6.07, 6.45) is -2.07. The first-order valence-electron chi connectivity index (χ1n) is 5.26. The zero-order valence-corrected chi connectivity index (χ0v) is 10.5. The minimum Gasteiger partial charge on any atom is -0.425 e. The van der Waals surface area contributed by atoms with Crippen molar-refractivity contribution in [3.05, 3.63) is 16.6 Å². The first-order chi connectivity index (χ1) is 8.44. The summed E-state index contributed by atoms with van der Waals surface area (Å²) in [6.45, 7) is 0. The number of halogens is 3. The zero-order chi connectivity index (χ0) is 12.9. The van der Waals surface area contributed by atoms with Gasteiger partial charge in [0.25, 0.3) is 0 Å². The van der Waals surface area contributed by atoms with Gasteiger partial charge in [-0.25, -0.2) is 0 Å². The Balaban J connectivity index is 1.86. The molecule has 1 aromatic rings. The Morgan fingerprint density at radius 3 is 2.56 bits per heavy atom. The van der Waals surface area contributed by atoms with Crippen molar-refractivity contribution in [2.45, 2.75) is 19.1 Å². The summed E-state index contributed by atoms with van der Waals surface area (Å²) in [5.74, 6) is -0.545. The molecule has 0 amide bonds.